The molecular formula is C13H15N5O3. The molecular weight excluding hydrogens is 274 g/mol. The summed E-state index contributed by atoms with van der Waals surface area (Å²) in [6, 6.07) is 5.08. The van der Waals surface area contributed by atoms with Crippen LogP contribution in [0.5, 0.6) is 11.5 Å². The van der Waals surface area contributed by atoms with Crippen LogP contribution in [-0.2, 0) is 0 Å². The van der Waals surface area contributed by atoms with Gasteiger partial charge in [0.1, 0.15) is 17.2 Å². The lowest BCUT2D eigenvalue weighted by Crippen LogP contribution is -2.16. The molecule has 1 amide bonds. The number of amides is 1. The summed E-state index contributed by atoms with van der Waals surface area (Å²) in [6.07, 6.45) is 2.68. The summed E-state index contributed by atoms with van der Waals surface area (Å²) >= 11 is 0. The fourth-order valence-electron chi connectivity index (χ4n) is 1.62. The fraction of sp³-hybridized carbons (Fsp3) is 0.154. The lowest BCUT2D eigenvalue weighted by Gasteiger charge is -2.11. The summed E-state index contributed by atoms with van der Waals surface area (Å²) in [7, 11) is 3.05. The van der Waals surface area contributed by atoms with Crippen molar-refractivity contribution in [2.24, 2.45) is 5.84 Å². The van der Waals surface area contributed by atoms with Crippen molar-refractivity contribution in [1.29, 1.82) is 0 Å². The number of benzene rings is 1. The van der Waals surface area contributed by atoms with E-state index in [1.807, 2.05) is 0 Å². The smallest absolute Gasteiger partial charge is 0.275 e. The third-order valence-electron chi connectivity index (χ3n) is 2.69. The predicted octanol–water partition coefficient (Wildman–Crippen LogP) is 1.03. The van der Waals surface area contributed by atoms with Gasteiger partial charge in [0.05, 0.1) is 32.3 Å². The highest BCUT2D eigenvalue weighted by atomic mass is 16.5. The number of nitrogens with one attached hydrogen (secondary N) is 2. The first-order chi connectivity index (χ1) is 10.2. The van der Waals surface area contributed by atoms with E-state index in [1.54, 1.807) is 18.2 Å². The molecule has 0 fully saturated rings. The number of hydrogen-bond acceptors (Lipinski definition) is 7. The zero-order valence-corrected chi connectivity index (χ0v) is 11.6. The zero-order chi connectivity index (χ0) is 15.2. The molecule has 1 heterocycles. The molecule has 0 aliphatic heterocycles. The maximum Gasteiger partial charge on any atom is 0.275 e. The van der Waals surface area contributed by atoms with E-state index in [9.17, 15) is 4.79 Å². The first-order valence-electron chi connectivity index (χ1n) is 6.00. The van der Waals surface area contributed by atoms with Gasteiger partial charge in [-0.3, -0.25) is 4.79 Å². The van der Waals surface area contributed by atoms with Crippen LogP contribution in [0.15, 0.2) is 30.6 Å². The van der Waals surface area contributed by atoms with Crippen LogP contribution in [0.25, 0.3) is 0 Å². The summed E-state index contributed by atoms with van der Waals surface area (Å²) in [6.45, 7) is 0. The molecule has 2 rings (SSSR count). The molecule has 1 aromatic carbocycles. The summed E-state index contributed by atoms with van der Waals surface area (Å²) in [5, 5.41) is 2.69. The van der Waals surface area contributed by atoms with E-state index < -0.39 is 5.91 Å². The average molecular weight is 289 g/mol. The van der Waals surface area contributed by atoms with E-state index in [-0.39, 0.29) is 5.69 Å². The molecule has 0 saturated carbocycles. The molecule has 0 bridgehead atoms. The molecule has 1 aromatic heterocycles. The number of carbonyl (C=O) groups excluding carboxylic acids is 1. The lowest BCUT2D eigenvalue weighted by atomic mass is 10.2. The molecule has 0 unspecified atom stereocenters. The molecule has 110 valence electrons. The van der Waals surface area contributed by atoms with Crippen molar-refractivity contribution in [2.75, 3.05) is 25.0 Å². The van der Waals surface area contributed by atoms with Crippen molar-refractivity contribution in [3.63, 3.8) is 0 Å². The Morgan fingerprint density at radius 2 is 2.00 bits per heavy atom. The van der Waals surface area contributed by atoms with Gasteiger partial charge in [0.15, 0.2) is 5.82 Å². The second-order valence-electron chi connectivity index (χ2n) is 3.95. The Morgan fingerprint density at radius 3 is 2.57 bits per heavy atom. The third-order valence-corrected chi connectivity index (χ3v) is 2.69. The van der Waals surface area contributed by atoms with Crippen molar-refractivity contribution >= 4 is 17.4 Å². The quantitative estimate of drug-likeness (QED) is 0.556. The summed E-state index contributed by atoms with van der Waals surface area (Å²) in [5.41, 5.74) is 2.96. The van der Waals surface area contributed by atoms with Gasteiger partial charge in [0, 0.05) is 6.07 Å². The molecule has 0 spiro atoms. The average Bonchev–Trinajstić information content (AvgIpc) is 2.54. The minimum Gasteiger partial charge on any atom is -0.497 e. The topological polar surface area (TPSA) is 111 Å². The van der Waals surface area contributed by atoms with Crippen molar-refractivity contribution < 1.29 is 14.3 Å². The number of nitrogen functional groups attached to an aromatic ring is 1. The van der Waals surface area contributed by atoms with Gasteiger partial charge in [0.25, 0.3) is 5.91 Å². The van der Waals surface area contributed by atoms with E-state index in [1.165, 1.54) is 26.6 Å². The van der Waals surface area contributed by atoms with Gasteiger partial charge >= 0.3 is 0 Å². The summed E-state index contributed by atoms with van der Waals surface area (Å²) in [5.74, 6) is 6.24. The monoisotopic (exact) mass is 289 g/mol. The number of nitrogens with two attached hydrogens (primary N) is 1. The molecule has 0 radical (unpaired) electrons. The molecule has 8 heteroatoms. The number of methoxy groups -OCH3 is 2. The Kier molecular flexibility index (Phi) is 4.52. The molecule has 2 aromatic rings. The van der Waals surface area contributed by atoms with E-state index in [0.29, 0.717) is 23.0 Å². The Morgan fingerprint density at radius 1 is 1.19 bits per heavy atom. The molecule has 8 nitrogen and oxygen atoms in total. The molecule has 0 atom stereocenters. The number of ether oxygens (including phenoxy) is 2. The van der Waals surface area contributed by atoms with E-state index >= 15 is 0 Å². The van der Waals surface area contributed by atoms with Gasteiger partial charge in [0.2, 0.25) is 0 Å². The predicted molar refractivity (Wildman–Crippen MR) is 77.3 cm³/mol. The minimum atomic E-state index is -0.419. The van der Waals surface area contributed by atoms with E-state index in [4.69, 9.17) is 15.3 Å². The van der Waals surface area contributed by atoms with Crippen molar-refractivity contribution in [3.05, 3.63) is 36.3 Å². The van der Waals surface area contributed by atoms with E-state index in [2.05, 4.69) is 20.7 Å². The number of anilines is 2. The second kappa shape index (κ2) is 6.53. The highest BCUT2D eigenvalue weighted by molar-refractivity contribution is 6.03. The van der Waals surface area contributed by atoms with Crippen LogP contribution in [-0.4, -0.2) is 30.1 Å². The highest BCUT2D eigenvalue weighted by Gasteiger charge is 2.12. The summed E-state index contributed by atoms with van der Waals surface area (Å²) in [4.78, 5) is 20.0. The third kappa shape index (κ3) is 3.37. The standard InChI is InChI=1S/C13H15N5O3/c1-20-8-3-4-11(21-2)9(5-8)17-13(19)10-6-16-12(18-14)7-15-10/h3-7H,14H2,1-2H3,(H,16,18)(H,17,19). The normalized spacial score (nSPS) is 9.86. The minimum absolute atomic E-state index is 0.152. The second-order valence-corrected chi connectivity index (χ2v) is 3.95. The maximum absolute atomic E-state index is 12.1. The van der Waals surface area contributed by atoms with Gasteiger partial charge in [-0.15, -0.1) is 0 Å². The molecule has 21 heavy (non-hydrogen) atoms. The van der Waals surface area contributed by atoms with Crippen LogP contribution < -0.4 is 26.1 Å². The number of hydrogen-bond donors (Lipinski definition) is 3. The number of nitrogens with zero attached hydrogens (tertiary/aromatic N) is 2. The summed E-state index contributed by atoms with van der Waals surface area (Å²) < 4.78 is 10.3. The Balaban J connectivity index is 2.21. The van der Waals surface area contributed by atoms with Crippen LogP contribution in [0.3, 0.4) is 0 Å². The molecule has 0 saturated heterocycles. The van der Waals surface area contributed by atoms with Crippen LogP contribution in [0.1, 0.15) is 10.5 Å². The zero-order valence-electron chi connectivity index (χ0n) is 11.6. The Bertz CT molecular complexity index is 630. The molecule has 0 aliphatic carbocycles. The maximum atomic E-state index is 12.1. The largest absolute Gasteiger partial charge is 0.497 e. The van der Waals surface area contributed by atoms with Gasteiger partial charge in [-0.25, -0.2) is 15.8 Å². The first-order valence-corrected chi connectivity index (χ1v) is 6.00. The van der Waals surface area contributed by atoms with Crippen molar-refractivity contribution in [3.8, 4) is 11.5 Å². The van der Waals surface area contributed by atoms with Crippen LogP contribution in [0.4, 0.5) is 11.5 Å². The number of rotatable bonds is 5. The van der Waals surface area contributed by atoms with Gasteiger partial charge < -0.3 is 20.2 Å². The Labute approximate surface area is 121 Å². The molecule has 0 aliphatic rings. The molecule has 4 N–H and O–H groups in total. The van der Waals surface area contributed by atoms with E-state index in [0.717, 1.165) is 0 Å². The lowest BCUT2D eigenvalue weighted by molar-refractivity contribution is 0.102. The van der Waals surface area contributed by atoms with Crippen LogP contribution in [0.2, 0.25) is 0 Å². The Hall–Kier alpha value is -2.87. The first kappa shape index (κ1) is 14.5. The highest BCUT2D eigenvalue weighted by Crippen LogP contribution is 2.29. The van der Waals surface area contributed by atoms with Gasteiger partial charge in [-0.1, -0.05) is 0 Å². The van der Waals surface area contributed by atoms with Crippen molar-refractivity contribution in [2.45, 2.75) is 0 Å². The van der Waals surface area contributed by atoms with Crippen LogP contribution in [0, 0.1) is 0 Å². The number of aromatic nitrogens is 2. The van der Waals surface area contributed by atoms with Gasteiger partial charge in [-0.05, 0) is 12.1 Å². The van der Waals surface area contributed by atoms with Gasteiger partial charge in [-0.2, -0.15) is 0 Å². The SMILES string of the molecule is COc1ccc(OC)c(NC(=O)c2cnc(NN)cn2)c1. The van der Waals surface area contributed by atoms with Crippen molar-refractivity contribution in [1.82, 2.24) is 9.97 Å². The van der Waals surface area contributed by atoms with Crippen LogP contribution >= 0.6 is 0 Å². The number of hydrazine groups is 1. The number of carbonyl (C=O) groups is 1. The fourth-order valence-corrected chi connectivity index (χ4v) is 1.62.